The zero-order valence-electron chi connectivity index (χ0n) is 44.4. The Balaban J connectivity index is 1.67. The summed E-state index contributed by atoms with van der Waals surface area (Å²) in [5.41, 5.74) is 1.25. The highest BCUT2D eigenvalue weighted by atomic mass is 79.9. The van der Waals surface area contributed by atoms with E-state index in [1.807, 2.05) is 58.1 Å². The van der Waals surface area contributed by atoms with E-state index in [2.05, 4.69) is 15.9 Å². The summed E-state index contributed by atoms with van der Waals surface area (Å²) in [5.74, 6) is -8.51. The number of hydrogen-bond acceptors (Lipinski definition) is 15. The first-order chi connectivity index (χ1) is 34.2. The van der Waals surface area contributed by atoms with Gasteiger partial charge in [-0.15, -0.1) is 0 Å². The lowest BCUT2D eigenvalue weighted by Crippen LogP contribution is -2.61. The number of aliphatic hydroxyl groups excluding tert-OH is 1. The van der Waals surface area contributed by atoms with Gasteiger partial charge in [-0.2, -0.15) is 0 Å². The number of piperidine rings is 1. The highest BCUT2D eigenvalue weighted by Crippen LogP contribution is 2.38. The maximum atomic E-state index is 14.5. The molecule has 17 heteroatoms. The molecule has 1 amide bonds. The van der Waals surface area contributed by atoms with E-state index in [9.17, 15) is 39.0 Å². The lowest BCUT2D eigenvalue weighted by atomic mass is 9.78. The molecule has 1 unspecified atom stereocenters. The van der Waals surface area contributed by atoms with E-state index in [-0.39, 0.29) is 85.4 Å². The molecule has 0 radical (unpaired) electrons. The van der Waals surface area contributed by atoms with E-state index in [0.29, 0.717) is 63.4 Å². The Hall–Kier alpha value is -3.42. The molecule has 4 aliphatic rings. The third kappa shape index (κ3) is 17.1. The maximum Gasteiger partial charge on any atom is 0.329 e. The molecule has 72 heavy (non-hydrogen) atoms. The highest BCUT2D eigenvalue weighted by molar-refractivity contribution is 9.09. The van der Waals surface area contributed by atoms with Crippen LogP contribution in [0.1, 0.15) is 126 Å². The number of cyclic esters (lactones) is 1. The zero-order chi connectivity index (χ0) is 53.3. The average molecular weight is 1080 g/mol. The van der Waals surface area contributed by atoms with E-state index in [1.165, 1.54) is 12.0 Å². The van der Waals surface area contributed by atoms with E-state index >= 15 is 0 Å². The Kier molecular flexibility index (Phi) is 25.1. The molecule has 3 fully saturated rings. The van der Waals surface area contributed by atoms with Crippen molar-refractivity contribution < 1.29 is 72.1 Å². The van der Waals surface area contributed by atoms with Gasteiger partial charge in [-0.3, -0.25) is 24.0 Å². The van der Waals surface area contributed by atoms with Crippen LogP contribution in [0, 0.1) is 35.5 Å². The third-order valence-electron chi connectivity index (χ3n) is 15.2. The molecule has 1 saturated carbocycles. The molecule has 15 atom stereocenters. The van der Waals surface area contributed by atoms with Gasteiger partial charge in [0.05, 0.1) is 31.0 Å². The standard InChI is InChI=1S/C55H84BrNO15/c1-33-16-12-11-13-17-34(2)45(66-8)30-41-21-19-39(7)55(65,72-41)52(62)53(63)57-23-15-14-18-42(57)54(64)71-46(31-43(58)35(3)27-38(6)50(61)51(68-10)49(60)37(5)26-33)36(4)28-40-20-22-44(47(29-40)67-9)69-24-25-70-48(59)32-56/h11-13,16-17,27,33,35-37,39-42,44-47,50-51,61,65H,14-15,18-26,28-32H2,1-10H3/b13-11+,16-12+,34-17+,38-27+/t33-,35-,36?,37-,39-,40+,41+,42+,44-,45+,46+,47-,50-,51+,55-/m1/s1. The third-order valence-corrected chi connectivity index (χ3v) is 15.7. The summed E-state index contributed by atoms with van der Waals surface area (Å²) in [6.45, 7) is 13.1. The summed E-state index contributed by atoms with van der Waals surface area (Å²) in [5, 5.41) is 23.6. The number of carbonyl (C=O) groups is 6. The fourth-order valence-electron chi connectivity index (χ4n) is 10.7. The zero-order valence-corrected chi connectivity index (χ0v) is 46.0. The summed E-state index contributed by atoms with van der Waals surface area (Å²) in [4.78, 5) is 84.0. The van der Waals surface area contributed by atoms with Crippen LogP contribution in [-0.2, 0) is 61.9 Å². The number of amides is 1. The summed E-state index contributed by atoms with van der Waals surface area (Å²) >= 11 is 3.08. The van der Waals surface area contributed by atoms with Crippen molar-refractivity contribution >= 4 is 51.1 Å². The minimum absolute atomic E-state index is 0.00794. The molecule has 0 spiro atoms. The van der Waals surface area contributed by atoms with E-state index < -0.39 is 77.8 Å². The molecule has 2 bridgehead atoms. The number of aliphatic hydroxyl groups is 2. The molecule has 0 aromatic rings. The first kappa shape index (κ1) is 61.1. The predicted octanol–water partition coefficient (Wildman–Crippen LogP) is 7.14. The number of nitrogens with zero attached hydrogens (tertiary/aromatic N) is 1. The van der Waals surface area contributed by atoms with Crippen molar-refractivity contribution in [2.24, 2.45) is 35.5 Å². The minimum Gasteiger partial charge on any atom is -0.463 e. The number of allylic oxidation sites excluding steroid dienone is 6. The number of alkyl halides is 1. The van der Waals surface area contributed by atoms with Crippen molar-refractivity contribution in [3.63, 3.8) is 0 Å². The van der Waals surface area contributed by atoms with Crippen LogP contribution in [0.15, 0.2) is 47.6 Å². The van der Waals surface area contributed by atoms with Crippen LogP contribution < -0.4 is 0 Å². The molecular formula is C55H84BrNO15. The molecular weight excluding hydrogens is 995 g/mol. The number of hydrogen-bond donors (Lipinski definition) is 2. The van der Waals surface area contributed by atoms with Gasteiger partial charge in [0.1, 0.15) is 42.1 Å². The lowest BCUT2D eigenvalue weighted by molar-refractivity contribution is -0.265. The lowest BCUT2D eigenvalue weighted by Gasteiger charge is -2.42. The number of methoxy groups -OCH3 is 3. The molecule has 3 aliphatic heterocycles. The number of carbonyl (C=O) groups excluding carboxylic acids is 6. The van der Waals surface area contributed by atoms with Crippen molar-refractivity contribution in [3.8, 4) is 0 Å². The van der Waals surface area contributed by atoms with Crippen molar-refractivity contribution in [1.82, 2.24) is 4.90 Å². The second kappa shape index (κ2) is 29.6. The van der Waals surface area contributed by atoms with Gasteiger partial charge in [0.15, 0.2) is 5.78 Å². The second-order valence-corrected chi connectivity index (χ2v) is 21.3. The molecule has 16 nitrogen and oxygen atoms in total. The van der Waals surface area contributed by atoms with Gasteiger partial charge in [-0.05, 0) is 107 Å². The number of ether oxygens (including phenoxy) is 7. The smallest absolute Gasteiger partial charge is 0.329 e. The number of esters is 2. The molecule has 2 N–H and O–H groups in total. The van der Waals surface area contributed by atoms with Crippen LogP contribution in [0.2, 0.25) is 0 Å². The Bertz CT molecular complexity index is 1950. The van der Waals surface area contributed by atoms with Crippen molar-refractivity contribution in [2.45, 2.75) is 180 Å². The van der Waals surface area contributed by atoms with Gasteiger partial charge in [-0.25, -0.2) is 4.79 Å². The molecule has 0 aromatic carbocycles. The number of Topliss-reactive ketones (excluding diaryl/α,β-unsaturated/α-hetero) is 3. The Morgan fingerprint density at radius 3 is 2.29 bits per heavy atom. The van der Waals surface area contributed by atoms with Crippen molar-refractivity contribution in [3.05, 3.63) is 47.6 Å². The number of ketones is 3. The molecule has 1 aliphatic carbocycles. The highest BCUT2D eigenvalue weighted by Gasteiger charge is 2.53. The first-order valence-electron chi connectivity index (χ1n) is 26.0. The largest absolute Gasteiger partial charge is 0.463 e. The Labute approximate surface area is 436 Å². The van der Waals surface area contributed by atoms with Gasteiger partial charge < -0.3 is 48.3 Å². The molecule has 3 heterocycles. The van der Waals surface area contributed by atoms with Crippen LogP contribution in [0.3, 0.4) is 0 Å². The van der Waals surface area contributed by atoms with E-state index in [0.717, 1.165) is 12.0 Å². The first-order valence-corrected chi connectivity index (χ1v) is 27.1. The fraction of sp³-hybridized carbons (Fsp3) is 0.745. The predicted molar refractivity (Wildman–Crippen MR) is 274 cm³/mol. The number of fused-ring (bicyclic) bond motifs is 3. The second-order valence-electron chi connectivity index (χ2n) is 20.8. The Morgan fingerprint density at radius 1 is 0.875 bits per heavy atom. The SMILES string of the molecule is CO[C@H]1C[C@@H]2CC[C@@H](C)[C@@](O)(O2)C(=O)C(=O)N2CCCC[C@H]2C(=O)O[C@H](C(C)C[C@@H]2CC[C@@H](OCCOC(=O)CBr)[C@H](OC)C2)CC(=O)[C@H](C)/C=C(\C)[C@@H](O)[C@@H](OC)C(=O)[C@H](C)C[C@H](C)/C=C/C=C/C=C/1C. The molecule has 0 aromatic heterocycles. The topological polar surface area (TPSA) is 211 Å². The van der Waals surface area contributed by atoms with Crippen LogP contribution >= 0.6 is 15.9 Å². The van der Waals surface area contributed by atoms with E-state index in [1.54, 1.807) is 41.1 Å². The molecule has 2 saturated heterocycles. The summed E-state index contributed by atoms with van der Waals surface area (Å²) in [6.07, 6.45) is 11.6. The Morgan fingerprint density at radius 2 is 1.61 bits per heavy atom. The van der Waals surface area contributed by atoms with Gasteiger partial charge in [0.2, 0.25) is 5.79 Å². The normalized spacial score (nSPS) is 37.5. The minimum atomic E-state index is -2.45. The quantitative estimate of drug-likeness (QED) is 0.0692. The van der Waals surface area contributed by atoms with E-state index in [4.69, 9.17) is 33.2 Å². The van der Waals surface area contributed by atoms with Gasteiger partial charge >= 0.3 is 11.9 Å². The fourth-order valence-corrected chi connectivity index (χ4v) is 10.8. The number of rotatable bonds is 11. The van der Waals surface area contributed by atoms with Gasteiger partial charge in [-0.1, -0.05) is 87.0 Å². The van der Waals surface area contributed by atoms with Crippen LogP contribution in [0.5, 0.6) is 0 Å². The van der Waals surface area contributed by atoms with Crippen LogP contribution in [0.25, 0.3) is 0 Å². The van der Waals surface area contributed by atoms with Gasteiger partial charge in [0.25, 0.3) is 11.7 Å². The van der Waals surface area contributed by atoms with Crippen LogP contribution in [0.4, 0.5) is 0 Å². The van der Waals surface area contributed by atoms with Gasteiger partial charge in [0, 0.05) is 58.5 Å². The summed E-state index contributed by atoms with van der Waals surface area (Å²) in [7, 11) is 4.57. The summed E-state index contributed by atoms with van der Waals surface area (Å²) in [6, 6.07) is -1.16. The average Bonchev–Trinajstić information content (AvgIpc) is 3.36. The molecule has 4 rings (SSSR count). The monoisotopic (exact) mass is 1080 g/mol. The number of halogens is 1. The summed E-state index contributed by atoms with van der Waals surface area (Å²) < 4.78 is 41.0. The molecule has 406 valence electrons. The van der Waals surface area contributed by atoms with Crippen molar-refractivity contribution in [2.75, 3.05) is 46.4 Å². The maximum absolute atomic E-state index is 14.5. The van der Waals surface area contributed by atoms with Crippen LogP contribution in [-0.4, -0.2) is 151 Å². The van der Waals surface area contributed by atoms with Crippen molar-refractivity contribution in [1.29, 1.82) is 0 Å².